The number of nitriles is 1. The van der Waals surface area contributed by atoms with E-state index in [1.54, 1.807) is 12.1 Å². The number of hydrogen-bond donors (Lipinski definition) is 1. The maximum atomic E-state index is 13.5. The van der Waals surface area contributed by atoms with Gasteiger partial charge in [-0.05, 0) is 43.9 Å². The van der Waals surface area contributed by atoms with Crippen molar-refractivity contribution in [2.24, 2.45) is 5.92 Å². The monoisotopic (exact) mass is 266 g/mol. The summed E-state index contributed by atoms with van der Waals surface area (Å²) in [6, 6.07) is 7.30. The van der Waals surface area contributed by atoms with Gasteiger partial charge in [-0.15, -0.1) is 0 Å². The van der Waals surface area contributed by atoms with Crippen LogP contribution in [-0.4, -0.2) is 6.04 Å². The Labute approximate surface area is 112 Å². The predicted molar refractivity (Wildman–Crippen MR) is 69.6 cm³/mol. The van der Waals surface area contributed by atoms with Crippen LogP contribution in [0.25, 0.3) is 0 Å². The highest BCUT2D eigenvalue weighted by Crippen LogP contribution is 2.24. The quantitative estimate of drug-likeness (QED) is 0.906. The lowest BCUT2D eigenvalue weighted by molar-refractivity contribution is 0.330. The molecule has 1 aliphatic carbocycles. The Balaban J connectivity index is 1.85. The Hall–Kier alpha value is -1.11. The van der Waals surface area contributed by atoms with Gasteiger partial charge in [0.05, 0.1) is 6.07 Å². The zero-order chi connectivity index (χ0) is 13.0. The molecule has 0 aliphatic heterocycles. The molecule has 0 aromatic heterocycles. The molecule has 0 bridgehead atoms. The van der Waals surface area contributed by atoms with E-state index in [1.165, 1.54) is 6.07 Å². The predicted octanol–water partition coefficient (Wildman–Crippen LogP) is 3.65. The smallest absolute Gasteiger partial charge is 0.127 e. The molecule has 2 nitrogen and oxygen atoms in total. The minimum Gasteiger partial charge on any atom is -0.310 e. The average molecular weight is 267 g/mol. The van der Waals surface area contributed by atoms with Crippen LogP contribution in [0.3, 0.4) is 0 Å². The van der Waals surface area contributed by atoms with Gasteiger partial charge in [0, 0.05) is 29.1 Å². The van der Waals surface area contributed by atoms with Crippen LogP contribution in [0, 0.1) is 23.1 Å². The summed E-state index contributed by atoms with van der Waals surface area (Å²) in [4.78, 5) is 0. The fourth-order valence-corrected chi connectivity index (χ4v) is 2.55. The van der Waals surface area contributed by atoms with Gasteiger partial charge in [0.1, 0.15) is 5.82 Å². The highest BCUT2D eigenvalue weighted by Gasteiger charge is 2.20. The van der Waals surface area contributed by atoms with E-state index >= 15 is 0 Å². The van der Waals surface area contributed by atoms with E-state index in [0.29, 0.717) is 23.2 Å². The summed E-state index contributed by atoms with van der Waals surface area (Å²) in [7, 11) is 0. The van der Waals surface area contributed by atoms with Crippen molar-refractivity contribution in [2.75, 3.05) is 0 Å². The lowest BCUT2D eigenvalue weighted by Gasteiger charge is -2.25. The molecule has 1 aromatic carbocycles. The van der Waals surface area contributed by atoms with Gasteiger partial charge in [-0.25, -0.2) is 4.39 Å². The van der Waals surface area contributed by atoms with Gasteiger partial charge < -0.3 is 5.32 Å². The minimum atomic E-state index is -0.224. The normalized spacial score (nSPS) is 23.6. The van der Waals surface area contributed by atoms with Crippen molar-refractivity contribution in [3.05, 3.63) is 34.6 Å². The molecule has 0 unspecified atom stereocenters. The molecule has 0 saturated heterocycles. The number of nitrogens with one attached hydrogen (secondary N) is 1. The van der Waals surface area contributed by atoms with Crippen molar-refractivity contribution in [1.82, 2.24) is 5.32 Å². The molecule has 1 N–H and O–H groups in total. The number of benzene rings is 1. The second-order valence-corrected chi connectivity index (χ2v) is 5.23. The molecule has 0 atom stereocenters. The van der Waals surface area contributed by atoms with E-state index in [2.05, 4.69) is 11.4 Å². The highest BCUT2D eigenvalue weighted by atomic mass is 35.5. The SMILES string of the molecule is N#CC1CCC(NCc2cc(Cl)ccc2F)CC1. The molecule has 1 aliphatic rings. The maximum absolute atomic E-state index is 13.5. The molecule has 4 heteroatoms. The molecule has 1 fully saturated rings. The Morgan fingerprint density at radius 3 is 2.72 bits per heavy atom. The van der Waals surface area contributed by atoms with Crippen LogP contribution < -0.4 is 5.32 Å². The third-order valence-corrected chi connectivity index (χ3v) is 3.73. The van der Waals surface area contributed by atoms with Crippen molar-refractivity contribution in [3.63, 3.8) is 0 Å². The first kappa shape index (κ1) is 13.3. The van der Waals surface area contributed by atoms with Gasteiger partial charge in [0.15, 0.2) is 0 Å². The van der Waals surface area contributed by atoms with Crippen LogP contribution in [0.4, 0.5) is 4.39 Å². The lowest BCUT2D eigenvalue weighted by Crippen LogP contribution is -2.32. The standard InChI is InChI=1S/C14H16ClFN2/c15-12-3-6-14(16)11(7-12)9-18-13-4-1-10(8-17)2-5-13/h3,6-7,10,13,18H,1-2,4-5,9H2. The van der Waals surface area contributed by atoms with Gasteiger partial charge in [0.25, 0.3) is 0 Å². The topological polar surface area (TPSA) is 35.8 Å². The largest absolute Gasteiger partial charge is 0.310 e. The maximum Gasteiger partial charge on any atom is 0.127 e. The van der Waals surface area contributed by atoms with Crippen LogP contribution in [0.15, 0.2) is 18.2 Å². The van der Waals surface area contributed by atoms with Gasteiger partial charge in [-0.3, -0.25) is 0 Å². The first-order valence-electron chi connectivity index (χ1n) is 6.26. The third kappa shape index (κ3) is 3.44. The molecule has 2 rings (SSSR count). The Kier molecular flexibility index (Phi) is 4.57. The van der Waals surface area contributed by atoms with Gasteiger partial charge >= 0.3 is 0 Å². The summed E-state index contributed by atoms with van der Waals surface area (Å²) in [6.07, 6.45) is 3.85. The van der Waals surface area contributed by atoms with Crippen molar-refractivity contribution in [3.8, 4) is 6.07 Å². The Morgan fingerprint density at radius 2 is 2.06 bits per heavy atom. The van der Waals surface area contributed by atoms with E-state index in [-0.39, 0.29) is 11.7 Å². The van der Waals surface area contributed by atoms with E-state index in [0.717, 1.165) is 25.7 Å². The summed E-state index contributed by atoms with van der Waals surface area (Å²) in [6.45, 7) is 0.494. The van der Waals surface area contributed by atoms with Crippen LogP contribution in [0.1, 0.15) is 31.2 Å². The number of halogens is 2. The fraction of sp³-hybridized carbons (Fsp3) is 0.500. The molecule has 0 amide bonds. The first-order chi connectivity index (χ1) is 8.69. The van der Waals surface area contributed by atoms with Crippen molar-refractivity contribution in [1.29, 1.82) is 5.26 Å². The van der Waals surface area contributed by atoms with Crippen LogP contribution >= 0.6 is 11.6 Å². The molecule has 96 valence electrons. The molecular formula is C14H16ClFN2. The molecule has 0 radical (unpaired) electrons. The summed E-state index contributed by atoms with van der Waals surface area (Å²) in [5, 5.41) is 12.7. The van der Waals surface area contributed by atoms with Crippen molar-refractivity contribution < 1.29 is 4.39 Å². The minimum absolute atomic E-state index is 0.200. The van der Waals surface area contributed by atoms with Crippen molar-refractivity contribution >= 4 is 11.6 Å². The molecule has 18 heavy (non-hydrogen) atoms. The van der Waals surface area contributed by atoms with E-state index < -0.39 is 0 Å². The number of hydrogen-bond acceptors (Lipinski definition) is 2. The fourth-order valence-electron chi connectivity index (χ4n) is 2.36. The Morgan fingerprint density at radius 1 is 1.33 bits per heavy atom. The summed E-state index contributed by atoms with van der Waals surface area (Å²) >= 11 is 5.85. The number of nitrogens with zero attached hydrogens (tertiary/aromatic N) is 1. The van der Waals surface area contributed by atoms with E-state index in [9.17, 15) is 4.39 Å². The van der Waals surface area contributed by atoms with Crippen LogP contribution in [0.5, 0.6) is 0 Å². The van der Waals surface area contributed by atoms with Gasteiger partial charge in [-0.2, -0.15) is 5.26 Å². The van der Waals surface area contributed by atoms with Gasteiger partial charge in [0.2, 0.25) is 0 Å². The number of rotatable bonds is 3. The molecule has 0 heterocycles. The summed E-state index contributed by atoms with van der Waals surface area (Å²) < 4.78 is 13.5. The van der Waals surface area contributed by atoms with Crippen LogP contribution in [-0.2, 0) is 6.54 Å². The van der Waals surface area contributed by atoms with Crippen LogP contribution in [0.2, 0.25) is 5.02 Å². The lowest BCUT2D eigenvalue weighted by atomic mass is 9.87. The molecule has 0 spiro atoms. The van der Waals surface area contributed by atoms with E-state index in [4.69, 9.17) is 16.9 Å². The second kappa shape index (κ2) is 6.17. The molecular weight excluding hydrogens is 251 g/mol. The average Bonchev–Trinajstić information content (AvgIpc) is 2.40. The molecule has 1 aromatic rings. The summed E-state index contributed by atoms with van der Waals surface area (Å²) in [5.74, 6) is -0.0245. The zero-order valence-corrected chi connectivity index (χ0v) is 10.9. The zero-order valence-electron chi connectivity index (χ0n) is 10.1. The van der Waals surface area contributed by atoms with Crippen molar-refractivity contribution in [2.45, 2.75) is 38.3 Å². The van der Waals surface area contributed by atoms with E-state index in [1.807, 2.05) is 0 Å². The first-order valence-corrected chi connectivity index (χ1v) is 6.64. The highest BCUT2D eigenvalue weighted by molar-refractivity contribution is 6.30. The molecule has 1 saturated carbocycles. The second-order valence-electron chi connectivity index (χ2n) is 4.79. The Bertz CT molecular complexity index is 448. The van der Waals surface area contributed by atoms with Gasteiger partial charge in [-0.1, -0.05) is 11.6 Å². The summed E-state index contributed by atoms with van der Waals surface area (Å²) in [5.41, 5.74) is 0.602. The third-order valence-electron chi connectivity index (χ3n) is 3.50.